The lowest BCUT2D eigenvalue weighted by Crippen LogP contribution is -2.48. The van der Waals surface area contributed by atoms with Gasteiger partial charge in [-0.2, -0.15) is 0 Å². The quantitative estimate of drug-likeness (QED) is 0.677. The van der Waals surface area contributed by atoms with Gasteiger partial charge in [0.05, 0.1) is 11.8 Å². The first-order valence-electron chi connectivity index (χ1n) is 9.10. The second-order valence-electron chi connectivity index (χ2n) is 6.65. The van der Waals surface area contributed by atoms with Crippen LogP contribution in [0.15, 0.2) is 36.4 Å². The fourth-order valence-corrected chi connectivity index (χ4v) is 4.56. The normalized spacial score (nSPS) is 15.9. The lowest BCUT2D eigenvalue weighted by molar-refractivity contribution is 0.0746. The number of benzene rings is 2. The van der Waals surface area contributed by atoms with Crippen molar-refractivity contribution >= 4 is 32.6 Å². The topological polar surface area (TPSA) is 64.1 Å². The Hall–Kier alpha value is -3.00. The van der Waals surface area contributed by atoms with E-state index in [1.165, 1.54) is 0 Å². The summed E-state index contributed by atoms with van der Waals surface area (Å²) in [5.41, 5.74) is 1.52. The molecule has 0 N–H and O–H groups in total. The molecule has 0 atom stereocenters. The minimum atomic E-state index is 0.0175. The van der Waals surface area contributed by atoms with E-state index in [4.69, 9.17) is 19.2 Å². The van der Waals surface area contributed by atoms with Gasteiger partial charge < -0.3 is 24.0 Å². The van der Waals surface area contributed by atoms with Crippen LogP contribution < -0.4 is 19.1 Å². The number of methoxy groups -OCH3 is 1. The Morgan fingerprint density at radius 1 is 1.11 bits per heavy atom. The predicted molar refractivity (Wildman–Crippen MR) is 107 cm³/mol. The molecular formula is C20H19N3O4S. The average molecular weight is 397 g/mol. The number of nitrogens with zero attached hydrogens (tertiary/aromatic N) is 3. The van der Waals surface area contributed by atoms with Gasteiger partial charge >= 0.3 is 0 Å². The zero-order valence-corrected chi connectivity index (χ0v) is 16.2. The number of thiazole rings is 1. The Kier molecular flexibility index (Phi) is 4.20. The number of amides is 1. The molecule has 1 fully saturated rings. The van der Waals surface area contributed by atoms with E-state index in [-0.39, 0.29) is 12.7 Å². The number of aromatic nitrogens is 1. The maximum absolute atomic E-state index is 12.8. The molecule has 0 radical (unpaired) electrons. The largest absolute Gasteiger partial charge is 0.494 e. The second-order valence-corrected chi connectivity index (χ2v) is 7.66. The Bertz CT molecular complexity index is 1040. The van der Waals surface area contributed by atoms with E-state index < -0.39 is 0 Å². The third-order valence-corrected chi connectivity index (χ3v) is 6.13. The summed E-state index contributed by atoms with van der Waals surface area (Å²) in [5.74, 6) is 2.13. The van der Waals surface area contributed by atoms with Crippen LogP contribution in [0.3, 0.4) is 0 Å². The van der Waals surface area contributed by atoms with Gasteiger partial charge in [0.1, 0.15) is 11.3 Å². The zero-order valence-electron chi connectivity index (χ0n) is 15.4. The number of carbonyl (C=O) groups excluding carboxylic acids is 1. The van der Waals surface area contributed by atoms with Gasteiger partial charge in [-0.1, -0.05) is 17.4 Å². The second kappa shape index (κ2) is 6.87. The van der Waals surface area contributed by atoms with Crippen LogP contribution in [0.25, 0.3) is 10.2 Å². The standard InChI is InChI=1S/C20H19N3O4S/c1-25-15-3-2-4-17-18(15)21-20(28-17)23-9-7-22(8-10-23)19(24)13-5-6-14-16(11-13)27-12-26-14/h2-6,11H,7-10,12H2,1H3. The molecule has 0 spiro atoms. The molecule has 144 valence electrons. The van der Waals surface area contributed by atoms with Gasteiger partial charge in [0, 0.05) is 31.7 Å². The van der Waals surface area contributed by atoms with Crippen molar-refractivity contribution in [3.63, 3.8) is 0 Å². The van der Waals surface area contributed by atoms with Gasteiger partial charge in [0.2, 0.25) is 6.79 Å². The summed E-state index contributed by atoms with van der Waals surface area (Å²) in [7, 11) is 1.66. The van der Waals surface area contributed by atoms with Crippen LogP contribution in [-0.4, -0.2) is 55.9 Å². The molecule has 3 aromatic rings. The monoisotopic (exact) mass is 397 g/mol. The highest BCUT2D eigenvalue weighted by molar-refractivity contribution is 7.22. The molecule has 7 nitrogen and oxygen atoms in total. The lowest BCUT2D eigenvalue weighted by Gasteiger charge is -2.34. The van der Waals surface area contributed by atoms with E-state index in [0.717, 1.165) is 34.2 Å². The van der Waals surface area contributed by atoms with Crippen LogP contribution >= 0.6 is 11.3 Å². The molecule has 8 heteroatoms. The van der Waals surface area contributed by atoms with Crippen molar-refractivity contribution in [2.45, 2.75) is 0 Å². The van der Waals surface area contributed by atoms with E-state index in [2.05, 4.69) is 11.0 Å². The number of anilines is 1. The number of hydrogen-bond donors (Lipinski definition) is 0. The smallest absolute Gasteiger partial charge is 0.254 e. The molecule has 2 aliphatic rings. The van der Waals surface area contributed by atoms with E-state index >= 15 is 0 Å². The summed E-state index contributed by atoms with van der Waals surface area (Å²) in [5, 5.41) is 0.967. The molecule has 1 aromatic heterocycles. The van der Waals surface area contributed by atoms with Gasteiger partial charge in [-0.3, -0.25) is 4.79 Å². The van der Waals surface area contributed by atoms with Crippen molar-refractivity contribution in [1.29, 1.82) is 0 Å². The Balaban J connectivity index is 1.29. The van der Waals surface area contributed by atoms with Crippen molar-refractivity contribution in [2.24, 2.45) is 0 Å². The summed E-state index contributed by atoms with van der Waals surface area (Å²) < 4.78 is 17.2. The van der Waals surface area contributed by atoms with Gasteiger partial charge in [-0.15, -0.1) is 0 Å². The molecule has 28 heavy (non-hydrogen) atoms. The average Bonchev–Trinajstić information content (AvgIpc) is 3.39. The summed E-state index contributed by atoms with van der Waals surface area (Å²) in [4.78, 5) is 21.7. The van der Waals surface area contributed by atoms with Gasteiger partial charge in [0.25, 0.3) is 5.91 Å². The Labute approximate surface area is 166 Å². The summed E-state index contributed by atoms with van der Waals surface area (Å²) >= 11 is 1.65. The highest BCUT2D eigenvalue weighted by atomic mass is 32.1. The summed E-state index contributed by atoms with van der Waals surface area (Å²) in [6, 6.07) is 11.3. The fourth-order valence-electron chi connectivity index (χ4n) is 3.52. The number of hydrogen-bond acceptors (Lipinski definition) is 7. The van der Waals surface area contributed by atoms with Crippen LogP contribution in [-0.2, 0) is 0 Å². The number of rotatable bonds is 3. The number of ether oxygens (including phenoxy) is 3. The highest BCUT2D eigenvalue weighted by Gasteiger charge is 2.25. The molecule has 5 rings (SSSR count). The first kappa shape index (κ1) is 17.1. The SMILES string of the molecule is COc1cccc2sc(N3CCN(C(=O)c4ccc5c(c4)OCO5)CC3)nc12. The number of carbonyl (C=O) groups is 1. The van der Waals surface area contributed by atoms with Gasteiger partial charge in [0.15, 0.2) is 16.6 Å². The van der Waals surface area contributed by atoms with E-state index in [0.29, 0.717) is 30.2 Å². The Morgan fingerprint density at radius 2 is 1.93 bits per heavy atom. The number of fused-ring (bicyclic) bond motifs is 2. The van der Waals surface area contributed by atoms with Crippen molar-refractivity contribution < 1.29 is 19.0 Å². The number of para-hydroxylation sites is 1. The highest BCUT2D eigenvalue weighted by Crippen LogP contribution is 2.35. The van der Waals surface area contributed by atoms with Crippen molar-refractivity contribution in [3.8, 4) is 17.2 Å². The molecule has 0 bridgehead atoms. The minimum Gasteiger partial charge on any atom is -0.494 e. The number of piperazine rings is 1. The molecule has 0 aliphatic carbocycles. The maximum Gasteiger partial charge on any atom is 0.254 e. The van der Waals surface area contributed by atoms with Crippen molar-refractivity contribution in [2.75, 3.05) is 45.0 Å². The van der Waals surface area contributed by atoms with Crippen LogP contribution in [0.2, 0.25) is 0 Å². The molecule has 3 heterocycles. The minimum absolute atomic E-state index is 0.0175. The van der Waals surface area contributed by atoms with Crippen LogP contribution in [0.1, 0.15) is 10.4 Å². The molecule has 1 amide bonds. The van der Waals surface area contributed by atoms with Crippen LogP contribution in [0, 0.1) is 0 Å². The predicted octanol–water partition coefficient (Wildman–Crippen LogP) is 3.00. The molecule has 2 aliphatic heterocycles. The molecule has 2 aromatic carbocycles. The third kappa shape index (κ3) is 2.90. The maximum atomic E-state index is 12.8. The fraction of sp³-hybridized carbons (Fsp3) is 0.300. The van der Waals surface area contributed by atoms with Gasteiger partial charge in [-0.25, -0.2) is 4.98 Å². The van der Waals surface area contributed by atoms with E-state index in [1.54, 1.807) is 36.6 Å². The molecule has 0 unspecified atom stereocenters. The first-order chi connectivity index (χ1) is 13.7. The lowest BCUT2D eigenvalue weighted by atomic mass is 10.1. The van der Waals surface area contributed by atoms with Crippen molar-refractivity contribution in [1.82, 2.24) is 9.88 Å². The van der Waals surface area contributed by atoms with Crippen molar-refractivity contribution in [3.05, 3.63) is 42.0 Å². The van der Waals surface area contributed by atoms with Gasteiger partial charge in [-0.05, 0) is 30.3 Å². The molecular weight excluding hydrogens is 378 g/mol. The van der Waals surface area contributed by atoms with E-state index in [9.17, 15) is 4.79 Å². The third-order valence-electron chi connectivity index (χ3n) is 5.05. The Morgan fingerprint density at radius 3 is 2.75 bits per heavy atom. The molecule has 1 saturated heterocycles. The molecule has 0 saturated carbocycles. The van der Waals surface area contributed by atoms with Crippen LogP contribution in [0.4, 0.5) is 5.13 Å². The summed E-state index contributed by atoms with van der Waals surface area (Å²) in [6.45, 7) is 3.01. The first-order valence-corrected chi connectivity index (χ1v) is 9.92. The zero-order chi connectivity index (χ0) is 19.1. The van der Waals surface area contributed by atoms with E-state index in [1.807, 2.05) is 17.0 Å². The van der Waals surface area contributed by atoms with Crippen LogP contribution in [0.5, 0.6) is 17.2 Å². The summed E-state index contributed by atoms with van der Waals surface area (Å²) in [6.07, 6.45) is 0.